The summed E-state index contributed by atoms with van der Waals surface area (Å²) in [4.78, 5) is 16.5. The van der Waals surface area contributed by atoms with Crippen LogP contribution in [-0.4, -0.2) is 39.8 Å². The maximum atomic E-state index is 13.6. The van der Waals surface area contributed by atoms with E-state index < -0.39 is 23.6 Å². The van der Waals surface area contributed by atoms with Crippen molar-refractivity contribution in [1.82, 2.24) is 19.9 Å². The Morgan fingerprint density at radius 1 is 1.24 bits per heavy atom. The van der Waals surface area contributed by atoms with Crippen molar-refractivity contribution in [2.45, 2.75) is 25.1 Å². The number of amides is 1. The van der Waals surface area contributed by atoms with Crippen molar-refractivity contribution >= 4 is 11.6 Å². The maximum Gasteiger partial charge on any atom is 0.433 e. The van der Waals surface area contributed by atoms with Crippen molar-refractivity contribution in [2.75, 3.05) is 13.2 Å². The van der Waals surface area contributed by atoms with Gasteiger partial charge in [-0.05, 0) is 43.2 Å². The highest BCUT2D eigenvalue weighted by Gasteiger charge is 2.35. The number of carbonyl (C=O) groups excluding carboxylic acids is 1. The van der Waals surface area contributed by atoms with Crippen molar-refractivity contribution in [2.24, 2.45) is 0 Å². The molecule has 1 aromatic carbocycles. The minimum absolute atomic E-state index is 0.00367. The summed E-state index contributed by atoms with van der Waals surface area (Å²) >= 11 is 0. The number of benzene rings is 1. The topological polar surface area (TPSA) is 68.5 Å². The van der Waals surface area contributed by atoms with Crippen molar-refractivity contribution in [3.05, 3.63) is 53.6 Å². The van der Waals surface area contributed by atoms with Crippen LogP contribution in [0.1, 0.15) is 29.0 Å². The van der Waals surface area contributed by atoms with E-state index in [9.17, 15) is 22.4 Å². The van der Waals surface area contributed by atoms with Crippen LogP contribution in [0.3, 0.4) is 0 Å². The maximum absolute atomic E-state index is 13.6. The van der Waals surface area contributed by atoms with E-state index in [-0.39, 0.29) is 29.7 Å². The minimum Gasteiger partial charge on any atom is -0.376 e. The Kier molecular flexibility index (Phi) is 4.95. The quantitative estimate of drug-likeness (QED) is 0.672. The number of alkyl halides is 3. The Morgan fingerprint density at radius 3 is 2.66 bits per heavy atom. The van der Waals surface area contributed by atoms with Gasteiger partial charge < -0.3 is 10.1 Å². The highest BCUT2D eigenvalue weighted by atomic mass is 19.4. The highest BCUT2D eigenvalue weighted by molar-refractivity contribution is 5.93. The number of aromatic nitrogens is 3. The van der Waals surface area contributed by atoms with Crippen LogP contribution in [0.15, 0.2) is 36.4 Å². The molecule has 0 bridgehead atoms. The summed E-state index contributed by atoms with van der Waals surface area (Å²) in [5.74, 6) is -1.12. The molecule has 0 spiro atoms. The molecule has 1 fully saturated rings. The van der Waals surface area contributed by atoms with E-state index in [1.54, 1.807) is 0 Å². The Hall–Kier alpha value is -3.01. The molecule has 0 saturated carbocycles. The van der Waals surface area contributed by atoms with Crippen LogP contribution in [-0.2, 0) is 10.9 Å². The lowest BCUT2D eigenvalue weighted by molar-refractivity contribution is -0.142. The number of hydrogen-bond donors (Lipinski definition) is 1. The number of ether oxygens (including phenoxy) is 1. The zero-order chi connectivity index (χ0) is 20.6. The van der Waals surface area contributed by atoms with E-state index in [1.165, 1.54) is 18.2 Å². The molecule has 3 aromatic rings. The lowest BCUT2D eigenvalue weighted by Crippen LogP contribution is -2.32. The van der Waals surface area contributed by atoms with Crippen molar-refractivity contribution in [3.8, 4) is 11.3 Å². The largest absolute Gasteiger partial charge is 0.433 e. The SMILES string of the molecule is O=C(NC[C@@H]1CCCO1)c1cc2nc(-c3ccc(F)cc3)cc(C(F)(F)F)n2n1. The van der Waals surface area contributed by atoms with Crippen LogP contribution < -0.4 is 5.32 Å². The second-order valence-corrected chi connectivity index (χ2v) is 6.68. The molecule has 4 rings (SSSR count). The molecule has 1 atom stereocenters. The summed E-state index contributed by atoms with van der Waals surface area (Å²) in [6, 6.07) is 6.94. The van der Waals surface area contributed by atoms with Gasteiger partial charge >= 0.3 is 6.18 Å². The summed E-state index contributed by atoms with van der Waals surface area (Å²) in [7, 11) is 0. The first-order chi connectivity index (χ1) is 13.8. The molecular formula is C19H16F4N4O2. The first kappa shape index (κ1) is 19.3. The molecule has 1 amide bonds. The van der Waals surface area contributed by atoms with Gasteiger partial charge in [0, 0.05) is 24.8 Å². The molecule has 0 unspecified atom stereocenters. The minimum atomic E-state index is -4.73. The van der Waals surface area contributed by atoms with Crippen molar-refractivity contribution in [3.63, 3.8) is 0 Å². The summed E-state index contributed by atoms with van der Waals surface area (Å²) in [5, 5.41) is 6.42. The molecule has 1 aliphatic rings. The standard InChI is InChI=1S/C19H16F4N4O2/c20-12-5-3-11(4-6-12)14-8-16(19(21,22)23)27-17(25-14)9-15(26-27)18(28)24-10-13-2-1-7-29-13/h3-6,8-9,13H,1-2,7,10H2,(H,24,28)/t13-/m0/s1. The fraction of sp³-hybridized carbons (Fsp3) is 0.316. The molecular weight excluding hydrogens is 392 g/mol. The van der Waals surface area contributed by atoms with E-state index in [1.807, 2.05) is 0 Å². The highest BCUT2D eigenvalue weighted by Crippen LogP contribution is 2.32. The molecule has 1 saturated heterocycles. The van der Waals surface area contributed by atoms with Crippen LogP contribution >= 0.6 is 0 Å². The lowest BCUT2D eigenvalue weighted by Gasteiger charge is -2.11. The van der Waals surface area contributed by atoms with Gasteiger partial charge in [-0.25, -0.2) is 13.9 Å². The van der Waals surface area contributed by atoms with E-state index in [0.29, 0.717) is 16.7 Å². The third-order valence-corrected chi connectivity index (χ3v) is 4.60. The van der Waals surface area contributed by atoms with E-state index in [0.717, 1.165) is 31.0 Å². The molecule has 29 heavy (non-hydrogen) atoms. The van der Waals surface area contributed by atoms with E-state index in [2.05, 4.69) is 15.4 Å². The van der Waals surface area contributed by atoms with Gasteiger partial charge in [0.1, 0.15) is 5.82 Å². The van der Waals surface area contributed by atoms with Crippen LogP contribution in [0.5, 0.6) is 0 Å². The number of nitrogens with zero attached hydrogens (tertiary/aromatic N) is 3. The first-order valence-electron chi connectivity index (χ1n) is 8.95. The number of hydrogen-bond acceptors (Lipinski definition) is 4. The molecule has 3 heterocycles. The predicted molar refractivity (Wildman–Crippen MR) is 94.7 cm³/mol. The number of rotatable bonds is 4. The fourth-order valence-corrected chi connectivity index (χ4v) is 3.16. The lowest BCUT2D eigenvalue weighted by atomic mass is 10.1. The summed E-state index contributed by atoms with van der Waals surface area (Å²) in [6.07, 6.45) is -3.12. The monoisotopic (exact) mass is 408 g/mol. The van der Waals surface area contributed by atoms with E-state index >= 15 is 0 Å². The molecule has 0 aliphatic carbocycles. The molecule has 152 valence electrons. The second kappa shape index (κ2) is 7.43. The molecule has 6 nitrogen and oxygen atoms in total. The van der Waals surface area contributed by atoms with Crippen LogP contribution in [0.25, 0.3) is 16.9 Å². The Morgan fingerprint density at radius 2 is 2.00 bits per heavy atom. The average Bonchev–Trinajstić information content (AvgIpc) is 3.34. The summed E-state index contributed by atoms with van der Waals surface area (Å²) < 4.78 is 59.9. The number of halogens is 4. The Balaban J connectivity index is 1.70. The average molecular weight is 408 g/mol. The number of carbonyl (C=O) groups is 1. The van der Waals surface area contributed by atoms with Crippen molar-refractivity contribution < 1.29 is 27.1 Å². The van der Waals surface area contributed by atoms with Crippen LogP contribution in [0.4, 0.5) is 17.6 Å². The first-order valence-corrected chi connectivity index (χ1v) is 8.95. The molecule has 1 aliphatic heterocycles. The van der Waals surface area contributed by atoms with Crippen molar-refractivity contribution in [1.29, 1.82) is 0 Å². The van der Waals surface area contributed by atoms with Gasteiger partial charge in [0.2, 0.25) is 0 Å². The van der Waals surface area contributed by atoms with Gasteiger partial charge in [0.15, 0.2) is 17.0 Å². The second-order valence-electron chi connectivity index (χ2n) is 6.68. The zero-order valence-corrected chi connectivity index (χ0v) is 15.0. The van der Waals surface area contributed by atoms with Gasteiger partial charge in [-0.2, -0.15) is 18.3 Å². The van der Waals surface area contributed by atoms with E-state index in [4.69, 9.17) is 4.74 Å². The Labute approximate surface area is 162 Å². The smallest absolute Gasteiger partial charge is 0.376 e. The number of fused-ring (bicyclic) bond motifs is 1. The van der Waals surface area contributed by atoms with Crippen LogP contribution in [0.2, 0.25) is 0 Å². The van der Waals surface area contributed by atoms with Crippen LogP contribution in [0, 0.1) is 5.82 Å². The molecule has 2 aromatic heterocycles. The van der Waals surface area contributed by atoms with Gasteiger partial charge in [-0.15, -0.1) is 0 Å². The third-order valence-electron chi connectivity index (χ3n) is 4.60. The van der Waals surface area contributed by atoms with Gasteiger partial charge in [0.25, 0.3) is 5.91 Å². The molecule has 0 radical (unpaired) electrons. The summed E-state index contributed by atoms with van der Waals surface area (Å²) in [5.41, 5.74) is -1.10. The Bertz CT molecular complexity index is 1040. The van der Waals surface area contributed by atoms with Gasteiger partial charge in [-0.1, -0.05) is 0 Å². The van der Waals surface area contributed by atoms with Gasteiger partial charge in [0.05, 0.1) is 11.8 Å². The zero-order valence-electron chi connectivity index (χ0n) is 15.0. The number of nitrogens with one attached hydrogen (secondary N) is 1. The van der Waals surface area contributed by atoms with Gasteiger partial charge in [-0.3, -0.25) is 4.79 Å². The fourth-order valence-electron chi connectivity index (χ4n) is 3.16. The predicted octanol–water partition coefficient (Wildman–Crippen LogP) is 3.46. The third kappa shape index (κ3) is 4.07. The molecule has 10 heteroatoms. The summed E-state index contributed by atoms with van der Waals surface area (Å²) in [6.45, 7) is 0.882. The molecule has 1 N–H and O–H groups in total. The normalized spacial score (nSPS) is 17.0.